The Kier molecular flexibility index (Phi) is 8.96. The third kappa shape index (κ3) is 7.38. The molecule has 0 heterocycles. The van der Waals surface area contributed by atoms with Crippen LogP contribution in [-0.4, -0.2) is 13.0 Å². The molecule has 7 heteroatoms. The van der Waals surface area contributed by atoms with E-state index in [2.05, 4.69) is 6.92 Å². The van der Waals surface area contributed by atoms with Gasteiger partial charge in [-0.3, -0.25) is 4.55 Å². The summed E-state index contributed by atoms with van der Waals surface area (Å²) in [6.45, 7) is 2.14. The van der Waals surface area contributed by atoms with E-state index in [0.717, 1.165) is 31.2 Å². The van der Waals surface area contributed by atoms with Crippen molar-refractivity contribution >= 4 is 10.1 Å². The summed E-state index contributed by atoms with van der Waals surface area (Å²) in [4.78, 5) is -0.252. The van der Waals surface area contributed by atoms with Crippen molar-refractivity contribution in [1.29, 1.82) is 0 Å². The van der Waals surface area contributed by atoms with Crippen molar-refractivity contribution < 1.29 is 52.4 Å². The quantitative estimate of drug-likeness (QED) is 0.423. The fourth-order valence-corrected chi connectivity index (χ4v) is 2.94. The van der Waals surface area contributed by atoms with E-state index in [1.807, 2.05) is 0 Å². The smallest absolute Gasteiger partial charge is 0.872 e. The largest absolute Gasteiger partial charge is 1.00 e. The summed E-state index contributed by atoms with van der Waals surface area (Å²) in [5.41, 5.74) is 0.902. The van der Waals surface area contributed by atoms with Crippen LogP contribution in [0.1, 0.15) is 38.2 Å². The van der Waals surface area contributed by atoms with Crippen molar-refractivity contribution in [2.45, 2.75) is 43.9 Å². The maximum Gasteiger partial charge on any atom is 1.00 e. The zero-order chi connectivity index (χ0) is 17.6. The van der Waals surface area contributed by atoms with Crippen molar-refractivity contribution in [3.8, 4) is 17.2 Å². The molecule has 0 spiro atoms. The van der Waals surface area contributed by atoms with Crippen LogP contribution in [0.15, 0.2) is 47.4 Å². The molecule has 0 aliphatic carbocycles. The molecule has 0 fully saturated rings. The molecule has 0 unspecified atom stereocenters. The van der Waals surface area contributed by atoms with E-state index in [0.29, 0.717) is 5.75 Å². The molecule has 2 rings (SSSR count). The SMILES string of the molecule is CCCCCCc1cc([O-])cc(Oc2cccc(S(=O)(=O)O)c2)c1.[Na+]. The summed E-state index contributed by atoms with van der Waals surface area (Å²) in [6.07, 6.45) is 5.25. The van der Waals surface area contributed by atoms with Gasteiger partial charge in [0.05, 0.1) is 4.90 Å². The van der Waals surface area contributed by atoms with Gasteiger partial charge in [-0.05, 0) is 42.7 Å². The van der Waals surface area contributed by atoms with Crippen LogP contribution in [0.3, 0.4) is 0 Å². The molecule has 0 saturated carbocycles. The second kappa shape index (κ2) is 10.2. The van der Waals surface area contributed by atoms with Crippen LogP contribution in [-0.2, 0) is 16.5 Å². The third-order valence-electron chi connectivity index (χ3n) is 3.60. The summed E-state index contributed by atoms with van der Waals surface area (Å²) in [6, 6.07) is 10.2. The van der Waals surface area contributed by atoms with E-state index >= 15 is 0 Å². The number of hydrogen-bond donors (Lipinski definition) is 1. The average molecular weight is 372 g/mol. The van der Waals surface area contributed by atoms with Crippen molar-refractivity contribution in [2.24, 2.45) is 0 Å². The standard InChI is InChI=1S/C18H22O5S.Na/c1-2-3-4-5-7-14-10-15(19)12-17(11-14)23-16-8-6-9-18(13-16)24(20,21)22;/h6,8-13,19H,2-5,7H2,1H3,(H,20,21,22);/q;+1/p-1. The summed E-state index contributed by atoms with van der Waals surface area (Å²) < 4.78 is 37.0. The molecule has 0 aromatic heterocycles. The van der Waals surface area contributed by atoms with Crippen molar-refractivity contribution in [3.63, 3.8) is 0 Å². The van der Waals surface area contributed by atoms with E-state index in [-0.39, 0.29) is 46.0 Å². The predicted molar refractivity (Wildman–Crippen MR) is 90.1 cm³/mol. The molecule has 1 N–H and O–H groups in total. The number of hydrogen-bond acceptors (Lipinski definition) is 4. The number of aryl methyl sites for hydroxylation is 1. The van der Waals surface area contributed by atoms with Crippen LogP contribution in [0, 0.1) is 0 Å². The minimum absolute atomic E-state index is 0. The summed E-state index contributed by atoms with van der Waals surface area (Å²) in [5.74, 6) is 0.456. The van der Waals surface area contributed by atoms with Gasteiger partial charge in [0.1, 0.15) is 11.5 Å². The molecular weight excluding hydrogens is 351 g/mol. The van der Waals surface area contributed by atoms with Crippen LogP contribution < -0.4 is 39.4 Å². The first-order valence-corrected chi connectivity index (χ1v) is 9.39. The van der Waals surface area contributed by atoms with Crippen LogP contribution in [0.4, 0.5) is 0 Å². The van der Waals surface area contributed by atoms with Crippen molar-refractivity contribution in [3.05, 3.63) is 48.0 Å². The van der Waals surface area contributed by atoms with E-state index in [1.165, 1.54) is 30.7 Å². The molecule has 2 aromatic carbocycles. The monoisotopic (exact) mass is 372 g/mol. The molecule has 0 aliphatic rings. The van der Waals surface area contributed by atoms with Gasteiger partial charge in [-0.2, -0.15) is 8.42 Å². The normalized spacial score (nSPS) is 11.0. The maximum atomic E-state index is 11.8. The summed E-state index contributed by atoms with van der Waals surface area (Å²) >= 11 is 0. The molecule has 25 heavy (non-hydrogen) atoms. The zero-order valence-electron chi connectivity index (χ0n) is 14.6. The Balaban J connectivity index is 0.00000312. The second-order valence-electron chi connectivity index (χ2n) is 5.68. The van der Waals surface area contributed by atoms with Gasteiger partial charge in [0.2, 0.25) is 0 Å². The molecule has 0 amide bonds. The van der Waals surface area contributed by atoms with Gasteiger partial charge in [-0.1, -0.05) is 38.3 Å². The van der Waals surface area contributed by atoms with Gasteiger partial charge >= 0.3 is 29.6 Å². The van der Waals surface area contributed by atoms with Gasteiger partial charge in [0, 0.05) is 6.07 Å². The predicted octanol–water partition coefficient (Wildman–Crippen LogP) is 0.926. The molecule has 0 aliphatic heterocycles. The Labute approximate surface area is 171 Å². The number of rotatable bonds is 8. The van der Waals surface area contributed by atoms with Crippen molar-refractivity contribution in [2.75, 3.05) is 0 Å². The van der Waals surface area contributed by atoms with Crippen LogP contribution in [0.25, 0.3) is 0 Å². The van der Waals surface area contributed by atoms with Crippen LogP contribution in [0.5, 0.6) is 17.2 Å². The van der Waals surface area contributed by atoms with E-state index in [9.17, 15) is 13.5 Å². The number of ether oxygens (including phenoxy) is 1. The second-order valence-corrected chi connectivity index (χ2v) is 7.10. The van der Waals surface area contributed by atoms with Gasteiger partial charge < -0.3 is 9.84 Å². The van der Waals surface area contributed by atoms with E-state index in [4.69, 9.17) is 9.29 Å². The van der Waals surface area contributed by atoms with Gasteiger partial charge in [0.25, 0.3) is 10.1 Å². The topological polar surface area (TPSA) is 86.7 Å². The molecule has 0 atom stereocenters. The summed E-state index contributed by atoms with van der Waals surface area (Å²) in [7, 11) is -4.29. The molecule has 5 nitrogen and oxygen atoms in total. The molecule has 130 valence electrons. The fraction of sp³-hybridized carbons (Fsp3) is 0.333. The average Bonchev–Trinajstić information content (AvgIpc) is 2.50. The molecule has 0 saturated heterocycles. The minimum Gasteiger partial charge on any atom is -0.872 e. The van der Waals surface area contributed by atoms with Gasteiger partial charge in [0.15, 0.2) is 0 Å². The first-order valence-electron chi connectivity index (χ1n) is 7.95. The molecular formula is C18H21NaO5S. The third-order valence-corrected chi connectivity index (χ3v) is 4.45. The van der Waals surface area contributed by atoms with Crippen LogP contribution in [0.2, 0.25) is 0 Å². The number of unbranched alkanes of at least 4 members (excludes halogenated alkanes) is 3. The Hall–Kier alpha value is -1.05. The van der Waals surface area contributed by atoms with Crippen molar-refractivity contribution in [1.82, 2.24) is 0 Å². The van der Waals surface area contributed by atoms with Gasteiger partial charge in [-0.25, -0.2) is 0 Å². The minimum atomic E-state index is -4.29. The van der Waals surface area contributed by atoms with Crippen LogP contribution >= 0.6 is 0 Å². The first-order chi connectivity index (χ1) is 11.4. The zero-order valence-corrected chi connectivity index (χ0v) is 17.4. The number of benzene rings is 2. The summed E-state index contributed by atoms with van der Waals surface area (Å²) in [5, 5.41) is 11.8. The molecule has 2 aromatic rings. The Bertz CT molecular complexity index is 790. The van der Waals surface area contributed by atoms with E-state index < -0.39 is 10.1 Å². The van der Waals surface area contributed by atoms with E-state index in [1.54, 1.807) is 18.2 Å². The first kappa shape index (κ1) is 22.0. The Morgan fingerprint density at radius 2 is 1.80 bits per heavy atom. The fourth-order valence-electron chi connectivity index (χ4n) is 2.42. The maximum absolute atomic E-state index is 11.8. The van der Waals surface area contributed by atoms with Gasteiger partial charge in [-0.15, -0.1) is 5.75 Å². The Morgan fingerprint density at radius 1 is 1.04 bits per heavy atom. The molecule has 0 bridgehead atoms. The Morgan fingerprint density at radius 3 is 2.48 bits per heavy atom. The molecule has 0 radical (unpaired) electrons.